The van der Waals surface area contributed by atoms with Crippen molar-refractivity contribution in [2.24, 2.45) is 0 Å². The van der Waals surface area contributed by atoms with Crippen molar-refractivity contribution >= 4 is 12.1 Å². The number of carbonyl (C=O) groups excluding carboxylic acids is 2. The Bertz CT molecular complexity index is 763. The van der Waals surface area contributed by atoms with E-state index in [9.17, 15) is 14.7 Å². The Balaban J connectivity index is 4.01. The van der Waals surface area contributed by atoms with Gasteiger partial charge in [-0.25, -0.2) is 4.79 Å². The fraction of sp³-hybridized carbons (Fsp3) is 0.905. The van der Waals surface area contributed by atoms with Crippen LogP contribution in [0.4, 0.5) is 4.79 Å². The minimum atomic E-state index is -0.643. The molecule has 0 aliphatic carbocycles. The normalized spacial score (nSPS) is 11.1. The molecule has 288 valence electrons. The van der Waals surface area contributed by atoms with Gasteiger partial charge >= 0.3 is 12.1 Å². The molecule has 7 nitrogen and oxygen atoms in total. The number of ether oxygens (including phenoxy) is 3. The summed E-state index contributed by atoms with van der Waals surface area (Å²) in [4.78, 5) is 26.7. The molecule has 0 heterocycles. The number of unbranched alkanes of at least 4 members (excludes halogenated alkanes) is 20. The molecule has 0 radical (unpaired) electrons. The Morgan fingerprint density at radius 2 is 1.08 bits per heavy atom. The molecule has 0 atom stereocenters. The van der Waals surface area contributed by atoms with Crippen LogP contribution in [0.5, 0.6) is 0 Å². The lowest BCUT2D eigenvalue weighted by atomic mass is 10.0. The lowest BCUT2D eigenvalue weighted by Crippen LogP contribution is -2.29. The van der Waals surface area contributed by atoms with Crippen LogP contribution < -0.4 is 0 Å². The summed E-state index contributed by atoms with van der Waals surface area (Å²) in [6.45, 7) is 9.91. The fourth-order valence-corrected chi connectivity index (χ4v) is 6.11. The van der Waals surface area contributed by atoms with Crippen molar-refractivity contribution in [3.05, 3.63) is 0 Å². The van der Waals surface area contributed by atoms with Crippen LogP contribution in [0.1, 0.15) is 201 Å². The molecule has 1 N–H and O–H groups in total. The second-order valence-electron chi connectivity index (χ2n) is 13.9. The van der Waals surface area contributed by atoms with Gasteiger partial charge in [-0.3, -0.25) is 4.79 Å². The minimum Gasteiger partial charge on any atom is -0.462 e. The van der Waals surface area contributed by atoms with Crippen molar-refractivity contribution in [3.8, 4) is 11.8 Å². The topological polar surface area (TPSA) is 85.3 Å². The average molecular weight is 694 g/mol. The molecule has 0 aromatic heterocycles. The molecule has 49 heavy (non-hydrogen) atoms. The third-order valence-electron chi connectivity index (χ3n) is 9.21. The Morgan fingerprint density at radius 1 is 0.571 bits per heavy atom. The standard InChI is InChI=1S/C42H79NO6/c1-4-7-10-13-16-22-29-38-47-42(46)48-39-30-23-28-35-43(36-37-44)34-27-21-17-20-26-33-41(45)49-40(31-24-18-14-11-8-5-2)32-25-19-15-12-9-6-3/h40,44H,4-21,23-28,30-39H2,1-3H3. The molecule has 0 saturated carbocycles. The van der Waals surface area contributed by atoms with Gasteiger partial charge < -0.3 is 24.2 Å². The van der Waals surface area contributed by atoms with E-state index in [1.54, 1.807) is 0 Å². The van der Waals surface area contributed by atoms with Crippen LogP contribution >= 0.6 is 0 Å². The van der Waals surface area contributed by atoms with Crippen LogP contribution in [0.2, 0.25) is 0 Å². The predicted octanol–water partition coefficient (Wildman–Crippen LogP) is 11.3. The van der Waals surface area contributed by atoms with E-state index >= 15 is 0 Å². The van der Waals surface area contributed by atoms with Crippen molar-refractivity contribution in [2.45, 2.75) is 207 Å². The van der Waals surface area contributed by atoms with E-state index in [4.69, 9.17) is 14.2 Å². The van der Waals surface area contributed by atoms with Crippen LogP contribution in [0, 0.1) is 11.8 Å². The van der Waals surface area contributed by atoms with E-state index in [-0.39, 0.29) is 25.3 Å². The predicted molar refractivity (Wildman–Crippen MR) is 205 cm³/mol. The largest absolute Gasteiger partial charge is 0.509 e. The minimum absolute atomic E-state index is 0.00353. The summed E-state index contributed by atoms with van der Waals surface area (Å²) in [5, 5.41) is 9.49. The maximum atomic E-state index is 12.7. The lowest BCUT2D eigenvalue weighted by molar-refractivity contribution is -0.150. The molecule has 0 bridgehead atoms. The summed E-state index contributed by atoms with van der Waals surface area (Å²) in [6, 6.07) is 0. The molecule has 0 aliphatic rings. The molecule has 0 unspecified atom stereocenters. The first-order valence-corrected chi connectivity index (χ1v) is 20.8. The highest BCUT2D eigenvalue weighted by Gasteiger charge is 2.14. The number of esters is 1. The first-order chi connectivity index (χ1) is 24.1. The molecule has 0 fully saturated rings. The number of aliphatic hydroxyl groups is 1. The summed E-state index contributed by atoms with van der Waals surface area (Å²) in [6.07, 6.45) is 31.0. The summed E-state index contributed by atoms with van der Waals surface area (Å²) in [7, 11) is 0. The zero-order chi connectivity index (χ0) is 35.9. The Hall–Kier alpha value is -1.78. The van der Waals surface area contributed by atoms with E-state index in [1.807, 2.05) is 0 Å². The van der Waals surface area contributed by atoms with Crippen LogP contribution in [-0.4, -0.2) is 67.7 Å². The number of nitrogens with zero attached hydrogens (tertiary/aromatic N) is 1. The fourth-order valence-electron chi connectivity index (χ4n) is 6.11. The second-order valence-corrected chi connectivity index (χ2v) is 13.9. The monoisotopic (exact) mass is 694 g/mol. The maximum absolute atomic E-state index is 12.7. The molecule has 7 heteroatoms. The third-order valence-corrected chi connectivity index (χ3v) is 9.21. The van der Waals surface area contributed by atoms with Gasteiger partial charge in [0.15, 0.2) is 6.61 Å². The number of hydrogen-bond donors (Lipinski definition) is 1. The lowest BCUT2D eigenvalue weighted by Gasteiger charge is -2.21. The van der Waals surface area contributed by atoms with E-state index < -0.39 is 6.16 Å². The zero-order valence-corrected chi connectivity index (χ0v) is 32.6. The van der Waals surface area contributed by atoms with Crippen LogP contribution in [0.25, 0.3) is 0 Å². The molecule has 0 aliphatic heterocycles. The van der Waals surface area contributed by atoms with Crippen molar-refractivity contribution in [1.29, 1.82) is 0 Å². The van der Waals surface area contributed by atoms with Crippen molar-refractivity contribution in [1.82, 2.24) is 4.90 Å². The van der Waals surface area contributed by atoms with E-state index in [1.165, 1.54) is 96.3 Å². The Labute approximate surface area is 303 Å². The van der Waals surface area contributed by atoms with Gasteiger partial charge in [0, 0.05) is 19.4 Å². The maximum Gasteiger partial charge on any atom is 0.509 e. The summed E-state index contributed by atoms with van der Waals surface area (Å²) < 4.78 is 16.2. The first kappa shape index (κ1) is 47.2. The van der Waals surface area contributed by atoms with Gasteiger partial charge in [-0.1, -0.05) is 135 Å². The SMILES string of the molecule is CCCCCCC#CCOC(=O)OCCCCCN(CCO)CCCCCCCC(=O)OC(CCCCCCCC)CCCCCCCC. The van der Waals surface area contributed by atoms with E-state index in [2.05, 4.69) is 37.5 Å². The molecule has 0 rings (SSSR count). The molecule has 0 spiro atoms. The number of carbonyl (C=O) groups is 2. The van der Waals surface area contributed by atoms with Gasteiger partial charge in [0.2, 0.25) is 0 Å². The third kappa shape index (κ3) is 35.8. The highest BCUT2D eigenvalue weighted by molar-refractivity contribution is 5.69. The van der Waals surface area contributed by atoms with Crippen molar-refractivity contribution in [3.63, 3.8) is 0 Å². The van der Waals surface area contributed by atoms with Crippen LogP contribution in [-0.2, 0) is 19.0 Å². The molecule has 0 aromatic carbocycles. The number of aliphatic hydroxyl groups excluding tert-OH is 1. The van der Waals surface area contributed by atoms with Crippen LogP contribution in [0.3, 0.4) is 0 Å². The highest BCUT2D eigenvalue weighted by atomic mass is 16.7. The summed E-state index contributed by atoms with van der Waals surface area (Å²) in [5.41, 5.74) is 0. The van der Waals surface area contributed by atoms with Gasteiger partial charge in [-0.15, -0.1) is 0 Å². The molecular weight excluding hydrogens is 614 g/mol. The van der Waals surface area contributed by atoms with Crippen molar-refractivity contribution in [2.75, 3.05) is 39.5 Å². The second kappa shape index (κ2) is 39.0. The molecule has 0 amide bonds. The van der Waals surface area contributed by atoms with Crippen molar-refractivity contribution < 1.29 is 28.9 Å². The zero-order valence-electron chi connectivity index (χ0n) is 32.6. The molecule has 0 saturated heterocycles. The first-order valence-electron chi connectivity index (χ1n) is 20.8. The number of hydrogen-bond acceptors (Lipinski definition) is 7. The quantitative estimate of drug-likeness (QED) is 0.0397. The molecule has 0 aromatic rings. The van der Waals surface area contributed by atoms with Gasteiger partial charge in [0.25, 0.3) is 0 Å². The van der Waals surface area contributed by atoms with Gasteiger partial charge in [0.1, 0.15) is 6.10 Å². The summed E-state index contributed by atoms with van der Waals surface area (Å²) in [5.74, 6) is 5.91. The van der Waals surface area contributed by atoms with Gasteiger partial charge in [-0.2, -0.15) is 0 Å². The summed E-state index contributed by atoms with van der Waals surface area (Å²) >= 11 is 0. The Morgan fingerprint density at radius 3 is 1.67 bits per heavy atom. The van der Waals surface area contributed by atoms with Gasteiger partial charge in [0.05, 0.1) is 13.2 Å². The smallest absolute Gasteiger partial charge is 0.462 e. The Kier molecular flexibility index (Phi) is 37.6. The van der Waals surface area contributed by atoms with E-state index in [0.717, 1.165) is 90.1 Å². The van der Waals surface area contributed by atoms with Gasteiger partial charge in [-0.05, 0) is 77.3 Å². The van der Waals surface area contributed by atoms with Crippen LogP contribution in [0.15, 0.2) is 0 Å². The number of rotatable bonds is 36. The highest BCUT2D eigenvalue weighted by Crippen LogP contribution is 2.18. The average Bonchev–Trinajstić information content (AvgIpc) is 3.09. The van der Waals surface area contributed by atoms with E-state index in [0.29, 0.717) is 19.6 Å². The molecular formula is C42H79NO6.